The Bertz CT molecular complexity index is 535. The minimum absolute atomic E-state index is 0. The van der Waals surface area contributed by atoms with Gasteiger partial charge in [-0.2, -0.15) is 0 Å². The van der Waals surface area contributed by atoms with Gasteiger partial charge < -0.3 is 24.9 Å². The van der Waals surface area contributed by atoms with Crippen molar-refractivity contribution in [1.82, 2.24) is 10.2 Å². The van der Waals surface area contributed by atoms with Gasteiger partial charge in [-0.15, -0.1) is 0 Å². The second kappa shape index (κ2) is 34.4. The van der Waals surface area contributed by atoms with Crippen molar-refractivity contribution >= 4 is 17.8 Å². The number of carbonyl (C=O) groups excluding carboxylic acids is 3. The van der Waals surface area contributed by atoms with Crippen molar-refractivity contribution in [3.8, 4) is 0 Å². The number of nitrogens with zero attached hydrogens (tertiary/aromatic N) is 1. The average molecular weight is 551 g/mol. The van der Waals surface area contributed by atoms with E-state index in [9.17, 15) is 19.5 Å². The molecular formula is C30H59N2NaO5. The Hall–Kier alpha value is -0.630. The van der Waals surface area contributed by atoms with Crippen LogP contribution in [0.25, 0.3) is 0 Å². The zero-order valence-corrected chi connectivity index (χ0v) is 27.8. The van der Waals surface area contributed by atoms with Crippen molar-refractivity contribution in [3.63, 3.8) is 0 Å². The van der Waals surface area contributed by atoms with Gasteiger partial charge >= 0.3 is 35.5 Å². The van der Waals surface area contributed by atoms with Crippen molar-refractivity contribution in [2.45, 2.75) is 142 Å². The number of aliphatic carboxylic acids is 1. The molecule has 0 rings (SSSR count). The summed E-state index contributed by atoms with van der Waals surface area (Å²) in [6.07, 6.45) is 24.4. The van der Waals surface area contributed by atoms with Gasteiger partial charge in [-0.05, 0) is 19.9 Å². The van der Waals surface area contributed by atoms with Crippen LogP contribution in [0.5, 0.6) is 0 Å². The average Bonchev–Trinajstić information content (AvgIpc) is 2.86. The van der Waals surface area contributed by atoms with Gasteiger partial charge in [-0.1, -0.05) is 123 Å². The maximum absolute atomic E-state index is 11.5. The number of hydrogen-bond acceptors (Lipinski definition) is 6. The third kappa shape index (κ3) is 35.4. The summed E-state index contributed by atoms with van der Waals surface area (Å²) in [5.41, 5.74) is 0. The first-order valence-corrected chi connectivity index (χ1v) is 15.1. The summed E-state index contributed by atoms with van der Waals surface area (Å²) in [6, 6.07) is 0. The molecule has 0 aromatic carbocycles. The number of amides is 1. The fourth-order valence-corrected chi connectivity index (χ4v) is 4.03. The van der Waals surface area contributed by atoms with E-state index < -0.39 is 5.97 Å². The van der Waals surface area contributed by atoms with Crippen molar-refractivity contribution < 1.29 is 53.8 Å². The second-order valence-corrected chi connectivity index (χ2v) is 10.1. The molecule has 0 unspecified atom stereocenters. The molecule has 0 atom stereocenters. The number of ether oxygens (including phenoxy) is 1. The quantitative estimate of drug-likeness (QED) is 0.107. The normalized spacial score (nSPS) is 10.2. The summed E-state index contributed by atoms with van der Waals surface area (Å²) >= 11 is 0. The van der Waals surface area contributed by atoms with Crippen LogP contribution in [0.15, 0.2) is 0 Å². The number of rotatable bonds is 25. The number of carbonyl (C=O) groups is 3. The molecule has 0 fully saturated rings. The summed E-state index contributed by atoms with van der Waals surface area (Å²) in [5, 5.41) is 13.1. The van der Waals surface area contributed by atoms with Crippen LogP contribution in [0.2, 0.25) is 0 Å². The van der Waals surface area contributed by atoms with E-state index in [4.69, 9.17) is 4.74 Å². The molecule has 8 heteroatoms. The van der Waals surface area contributed by atoms with Crippen LogP contribution in [0.3, 0.4) is 0 Å². The molecule has 0 bridgehead atoms. The van der Waals surface area contributed by atoms with Gasteiger partial charge in [-0.25, -0.2) is 0 Å². The van der Waals surface area contributed by atoms with Crippen LogP contribution >= 0.6 is 0 Å². The van der Waals surface area contributed by atoms with Crippen LogP contribution in [0, 0.1) is 0 Å². The fourth-order valence-electron chi connectivity index (χ4n) is 4.03. The van der Waals surface area contributed by atoms with Gasteiger partial charge in [0.1, 0.15) is 0 Å². The predicted octanol–water partition coefficient (Wildman–Crippen LogP) is 2.79. The Morgan fingerprint density at radius 3 is 1.47 bits per heavy atom. The first kappa shape index (κ1) is 41.8. The number of hydrogen-bond donors (Lipinski definition) is 1. The van der Waals surface area contributed by atoms with Crippen LogP contribution in [-0.4, -0.2) is 56.5 Å². The molecule has 0 saturated heterocycles. The zero-order valence-electron chi connectivity index (χ0n) is 25.8. The maximum atomic E-state index is 11.5. The largest absolute Gasteiger partial charge is 1.00 e. The summed E-state index contributed by atoms with van der Waals surface area (Å²) in [7, 11) is 3.26. The Kier molecular flexibility index (Phi) is 37.9. The number of unbranched alkanes of at least 4 members (excludes halogenated alkanes) is 17. The molecule has 0 aliphatic heterocycles. The van der Waals surface area contributed by atoms with Crippen LogP contribution in [0.1, 0.15) is 142 Å². The van der Waals surface area contributed by atoms with Crippen molar-refractivity contribution in [2.24, 2.45) is 0 Å². The smallest absolute Gasteiger partial charge is 0.548 e. The Labute approximate surface area is 256 Å². The van der Waals surface area contributed by atoms with Gasteiger partial charge in [0.25, 0.3) is 0 Å². The summed E-state index contributed by atoms with van der Waals surface area (Å²) in [6.45, 7) is 5.06. The molecule has 38 heavy (non-hydrogen) atoms. The van der Waals surface area contributed by atoms with Gasteiger partial charge in [0.2, 0.25) is 5.91 Å². The molecule has 0 saturated carbocycles. The van der Waals surface area contributed by atoms with Gasteiger partial charge in [-0.3, -0.25) is 9.59 Å². The number of carboxylic acid groups (broad SMARTS) is 1. The molecule has 7 nitrogen and oxygen atoms in total. The number of nitrogens with one attached hydrogen (secondary N) is 1. The predicted molar refractivity (Wildman–Crippen MR) is 151 cm³/mol. The molecule has 0 heterocycles. The maximum Gasteiger partial charge on any atom is 1.00 e. The van der Waals surface area contributed by atoms with Crippen molar-refractivity contribution in [1.29, 1.82) is 0 Å². The van der Waals surface area contributed by atoms with E-state index in [2.05, 4.69) is 19.2 Å². The standard InChI is InChI=1S/C15H29NO3.C15H31NO2.Na/c1-3-4-5-6-7-8-9-10-11-12-14(17)16(2)13-15(18)19;1-3-4-5-6-7-8-9-10-11-12-13-18-15(17)14-16-2;/h3-13H2,1-2H3,(H,18,19);16H,3-14H2,1-2H3;/q;;+1/p-1. The molecule has 0 aliphatic rings. The van der Waals surface area contributed by atoms with E-state index in [0.29, 0.717) is 19.6 Å². The number of esters is 1. The molecule has 0 aromatic heterocycles. The van der Waals surface area contributed by atoms with E-state index in [-0.39, 0.29) is 48.0 Å². The van der Waals surface area contributed by atoms with Crippen molar-refractivity contribution in [2.75, 3.05) is 33.8 Å². The minimum atomic E-state index is -1.21. The fraction of sp³-hybridized carbons (Fsp3) is 0.900. The van der Waals surface area contributed by atoms with E-state index in [1.54, 1.807) is 7.05 Å². The SMILES string of the molecule is CCCCCCCCCCCC(=O)N(C)CC(=O)[O-].CCCCCCCCCCCCOC(=O)CNC.[Na+]. The second-order valence-electron chi connectivity index (χ2n) is 10.1. The molecule has 0 radical (unpaired) electrons. The van der Waals surface area contributed by atoms with E-state index >= 15 is 0 Å². The molecule has 0 aliphatic carbocycles. The number of likely N-dealkylation sites (N-methyl/N-ethyl adjacent to an activating group) is 2. The van der Waals surface area contributed by atoms with Crippen LogP contribution in [0.4, 0.5) is 0 Å². The number of carboxylic acids is 1. The van der Waals surface area contributed by atoms with E-state index in [1.807, 2.05) is 0 Å². The summed E-state index contributed by atoms with van der Waals surface area (Å²) in [4.78, 5) is 34.1. The molecule has 0 aromatic rings. The first-order valence-electron chi connectivity index (χ1n) is 15.1. The van der Waals surface area contributed by atoms with Gasteiger partial charge in [0.05, 0.1) is 25.7 Å². The van der Waals surface area contributed by atoms with Crippen LogP contribution < -0.4 is 40.0 Å². The topological polar surface area (TPSA) is 98.8 Å². The molecule has 1 N–H and O–H groups in total. The minimum Gasteiger partial charge on any atom is -0.548 e. The molecule has 220 valence electrons. The van der Waals surface area contributed by atoms with Crippen molar-refractivity contribution in [3.05, 3.63) is 0 Å². The van der Waals surface area contributed by atoms with E-state index in [1.165, 1.54) is 115 Å². The third-order valence-corrected chi connectivity index (χ3v) is 6.37. The molecule has 0 spiro atoms. The molecular weight excluding hydrogens is 491 g/mol. The van der Waals surface area contributed by atoms with Gasteiger partial charge in [0, 0.05) is 13.5 Å². The van der Waals surface area contributed by atoms with E-state index in [0.717, 1.165) is 19.3 Å². The Morgan fingerprint density at radius 1 is 0.684 bits per heavy atom. The monoisotopic (exact) mass is 550 g/mol. The van der Waals surface area contributed by atoms with Gasteiger partial charge in [0.15, 0.2) is 0 Å². The van der Waals surface area contributed by atoms with Crippen LogP contribution in [-0.2, 0) is 19.1 Å². The third-order valence-electron chi connectivity index (χ3n) is 6.37. The summed E-state index contributed by atoms with van der Waals surface area (Å²) in [5.74, 6) is -1.46. The zero-order chi connectivity index (χ0) is 28.0. The molecule has 1 amide bonds. The summed E-state index contributed by atoms with van der Waals surface area (Å²) < 4.78 is 5.05. The first-order chi connectivity index (χ1) is 17.9. The Morgan fingerprint density at radius 2 is 1.08 bits per heavy atom. The Balaban J connectivity index is -0.000000629.